The summed E-state index contributed by atoms with van der Waals surface area (Å²) < 4.78 is 40.4. The number of alkyl halides is 3. The van der Waals surface area contributed by atoms with Gasteiger partial charge in [0.15, 0.2) is 0 Å². The van der Waals surface area contributed by atoms with E-state index in [1.165, 1.54) is 42.5 Å². The molecule has 0 bridgehead atoms. The molecule has 108 valence electrons. The van der Waals surface area contributed by atoms with E-state index in [1.54, 1.807) is 0 Å². The van der Waals surface area contributed by atoms with Gasteiger partial charge >= 0.3 is 6.18 Å². The van der Waals surface area contributed by atoms with Crippen LogP contribution in [0.4, 0.5) is 13.2 Å². The van der Waals surface area contributed by atoms with Gasteiger partial charge in [0.1, 0.15) is 11.5 Å². The van der Waals surface area contributed by atoms with Crippen molar-refractivity contribution in [1.82, 2.24) is 9.55 Å². The zero-order chi connectivity index (χ0) is 15.2. The summed E-state index contributed by atoms with van der Waals surface area (Å²) in [6.07, 6.45) is -4.65. The van der Waals surface area contributed by atoms with Gasteiger partial charge in [-0.2, -0.15) is 13.2 Å². The van der Waals surface area contributed by atoms with Crippen molar-refractivity contribution in [3.05, 3.63) is 48.3 Å². The van der Waals surface area contributed by atoms with Crippen molar-refractivity contribution in [1.29, 1.82) is 0 Å². The van der Waals surface area contributed by atoms with Crippen LogP contribution in [0.3, 0.4) is 0 Å². The minimum atomic E-state index is -4.65. The summed E-state index contributed by atoms with van der Waals surface area (Å²) in [6, 6.07) is 9.05. The fourth-order valence-electron chi connectivity index (χ4n) is 2.12. The number of halogens is 3. The van der Waals surface area contributed by atoms with Gasteiger partial charge in [-0.1, -0.05) is 0 Å². The molecule has 3 rings (SSSR count). The summed E-state index contributed by atoms with van der Waals surface area (Å²) in [7, 11) is 0. The zero-order valence-electron chi connectivity index (χ0n) is 10.5. The first-order valence-corrected chi connectivity index (χ1v) is 5.94. The highest BCUT2D eigenvalue weighted by atomic mass is 19.4. The van der Waals surface area contributed by atoms with Crippen LogP contribution in [-0.4, -0.2) is 19.8 Å². The lowest BCUT2D eigenvalue weighted by Gasteiger charge is -2.11. The Kier molecular flexibility index (Phi) is 2.79. The molecule has 4 nitrogen and oxygen atoms in total. The van der Waals surface area contributed by atoms with Gasteiger partial charge in [0.25, 0.3) is 0 Å². The Morgan fingerprint density at radius 1 is 0.905 bits per heavy atom. The maximum Gasteiger partial charge on any atom is 0.450 e. The third-order valence-electron chi connectivity index (χ3n) is 3.00. The van der Waals surface area contributed by atoms with Gasteiger partial charge < -0.3 is 10.2 Å². The fraction of sp³-hybridized carbons (Fsp3) is 0.0714. The molecule has 0 aliphatic rings. The Hall–Kier alpha value is -2.70. The van der Waals surface area contributed by atoms with Crippen molar-refractivity contribution >= 4 is 11.0 Å². The largest absolute Gasteiger partial charge is 0.508 e. The number of benzene rings is 2. The predicted molar refractivity (Wildman–Crippen MR) is 69.4 cm³/mol. The monoisotopic (exact) mass is 294 g/mol. The van der Waals surface area contributed by atoms with E-state index in [4.69, 9.17) is 0 Å². The van der Waals surface area contributed by atoms with E-state index in [0.717, 1.165) is 4.57 Å². The fourth-order valence-corrected chi connectivity index (χ4v) is 2.12. The van der Waals surface area contributed by atoms with E-state index in [1.807, 2.05) is 0 Å². The molecular formula is C14H9F3N2O2. The standard InChI is InChI=1S/C14H9F3N2O2/c15-14(16,17)13-18-11-6-5-10(21)7-12(11)19(13)8-1-3-9(20)4-2-8/h1-7,20-21H. The van der Waals surface area contributed by atoms with Crippen LogP contribution >= 0.6 is 0 Å². The van der Waals surface area contributed by atoms with Crippen LogP contribution in [0.5, 0.6) is 11.5 Å². The molecule has 0 radical (unpaired) electrons. The number of nitrogens with zero attached hydrogens (tertiary/aromatic N) is 2. The van der Waals surface area contributed by atoms with Crippen molar-refractivity contribution in [2.24, 2.45) is 0 Å². The summed E-state index contributed by atoms with van der Waals surface area (Å²) in [5, 5.41) is 18.7. The Bertz CT molecular complexity index is 807. The Morgan fingerprint density at radius 3 is 2.14 bits per heavy atom. The van der Waals surface area contributed by atoms with Gasteiger partial charge in [-0.05, 0) is 36.4 Å². The number of phenolic OH excluding ortho intramolecular Hbond substituents is 2. The smallest absolute Gasteiger partial charge is 0.450 e. The number of hydrogen-bond acceptors (Lipinski definition) is 3. The van der Waals surface area contributed by atoms with Gasteiger partial charge in [-0.15, -0.1) is 0 Å². The molecule has 0 atom stereocenters. The molecule has 0 saturated carbocycles. The first kappa shape index (κ1) is 13.3. The Labute approximate surface area is 116 Å². The lowest BCUT2D eigenvalue weighted by molar-refractivity contribution is -0.145. The van der Waals surface area contributed by atoms with Gasteiger partial charge in [-0.25, -0.2) is 4.98 Å². The summed E-state index contributed by atoms with van der Waals surface area (Å²) in [5.74, 6) is -1.30. The van der Waals surface area contributed by atoms with E-state index in [2.05, 4.69) is 4.98 Å². The van der Waals surface area contributed by atoms with Crippen LogP contribution in [0.1, 0.15) is 5.82 Å². The third-order valence-corrected chi connectivity index (χ3v) is 3.00. The SMILES string of the molecule is Oc1ccc(-n2c(C(F)(F)F)nc3ccc(O)cc32)cc1. The zero-order valence-corrected chi connectivity index (χ0v) is 10.5. The first-order chi connectivity index (χ1) is 9.86. The van der Waals surface area contributed by atoms with Crippen LogP contribution < -0.4 is 0 Å². The van der Waals surface area contributed by atoms with Gasteiger partial charge in [0.2, 0.25) is 5.82 Å². The lowest BCUT2D eigenvalue weighted by atomic mass is 10.2. The number of imidazole rings is 1. The van der Waals surface area contributed by atoms with Crippen LogP contribution in [0, 0.1) is 0 Å². The summed E-state index contributed by atoms with van der Waals surface area (Å²) in [5.41, 5.74) is 0.439. The Morgan fingerprint density at radius 2 is 1.52 bits per heavy atom. The molecule has 2 aromatic carbocycles. The molecule has 21 heavy (non-hydrogen) atoms. The minimum absolute atomic E-state index is 0.0559. The van der Waals surface area contributed by atoms with E-state index in [9.17, 15) is 23.4 Å². The summed E-state index contributed by atoms with van der Waals surface area (Å²) in [6.45, 7) is 0. The van der Waals surface area contributed by atoms with E-state index in [0.29, 0.717) is 0 Å². The maximum atomic E-state index is 13.2. The van der Waals surface area contributed by atoms with E-state index in [-0.39, 0.29) is 28.2 Å². The van der Waals surface area contributed by atoms with Crippen molar-refractivity contribution in [2.45, 2.75) is 6.18 Å². The number of aromatic nitrogens is 2. The molecule has 3 aromatic rings. The molecule has 0 aliphatic carbocycles. The molecule has 0 aliphatic heterocycles. The predicted octanol–water partition coefficient (Wildman–Crippen LogP) is 3.46. The maximum absolute atomic E-state index is 13.2. The molecule has 2 N–H and O–H groups in total. The number of fused-ring (bicyclic) bond motifs is 1. The van der Waals surface area contributed by atoms with Gasteiger partial charge in [0.05, 0.1) is 11.0 Å². The first-order valence-electron chi connectivity index (χ1n) is 5.94. The van der Waals surface area contributed by atoms with Crippen LogP contribution in [-0.2, 0) is 6.18 Å². The van der Waals surface area contributed by atoms with Crippen LogP contribution in [0.15, 0.2) is 42.5 Å². The average Bonchev–Trinajstić information content (AvgIpc) is 2.78. The summed E-state index contributed by atoms with van der Waals surface area (Å²) >= 11 is 0. The van der Waals surface area contributed by atoms with Crippen molar-refractivity contribution < 1.29 is 23.4 Å². The van der Waals surface area contributed by atoms with Crippen LogP contribution in [0.2, 0.25) is 0 Å². The van der Waals surface area contributed by atoms with Crippen molar-refractivity contribution in [3.8, 4) is 17.2 Å². The molecule has 1 aromatic heterocycles. The van der Waals surface area contributed by atoms with E-state index < -0.39 is 12.0 Å². The normalized spacial score (nSPS) is 12.0. The molecule has 7 heteroatoms. The second-order valence-corrected chi connectivity index (χ2v) is 4.46. The van der Waals surface area contributed by atoms with Gasteiger partial charge in [0, 0.05) is 11.8 Å². The van der Waals surface area contributed by atoms with Crippen molar-refractivity contribution in [3.63, 3.8) is 0 Å². The number of rotatable bonds is 1. The molecule has 0 fully saturated rings. The third kappa shape index (κ3) is 2.26. The lowest BCUT2D eigenvalue weighted by Crippen LogP contribution is -2.13. The molecule has 0 saturated heterocycles. The molecular weight excluding hydrogens is 285 g/mol. The number of hydrogen-bond donors (Lipinski definition) is 2. The highest BCUT2D eigenvalue weighted by molar-refractivity contribution is 5.80. The van der Waals surface area contributed by atoms with Gasteiger partial charge in [-0.3, -0.25) is 4.57 Å². The Balaban J connectivity index is 2.36. The molecule has 1 heterocycles. The number of phenols is 2. The van der Waals surface area contributed by atoms with Crippen LogP contribution in [0.25, 0.3) is 16.7 Å². The average molecular weight is 294 g/mol. The molecule has 0 spiro atoms. The summed E-state index contributed by atoms with van der Waals surface area (Å²) in [4.78, 5) is 3.59. The molecule has 0 amide bonds. The van der Waals surface area contributed by atoms with E-state index >= 15 is 0 Å². The second-order valence-electron chi connectivity index (χ2n) is 4.46. The molecule has 0 unspecified atom stereocenters. The highest BCUT2D eigenvalue weighted by Crippen LogP contribution is 2.35. The highest BCUT2D eigenvalue weighted by Gasteiger charge is 2.38. The van der Waals surface area contributed by atoms with Crippen molar-refractivity contribution in [2.75, 3.05) is 0 Å². The minimum Gasteiger partial charge on any atom is -0.508 e. The topological polar surface area (TPSA) is 58.3 Å². The number of aromatic hydroxyl groups is 2. The second kappa shape index (κ2) is 4.41. The quantitative estimate of drug-likeness (QED) is 0.722.